The Morgan fingerprint density at radius 1 is 1.13 bits per heavy atom. The van der Waals surface area contributed by atoms with Crippen molar-refractivity contribution in [3.05, 3.63) is 58.7 Å². The molecule has 0 bridgehead atoms. The lowest BCUT2D eigenvalue weighted by Crippen LogP contribution is -2.04. The molecule has 0 fully saturated rings. The van der Waals surface area contributed by atoms with Crippen LogP contribution >= 0.6 is 15.9 Å². The van der Waals surface area contributed by atoms with Crippen LogP contribution in [0.3, 0.4) is 0 Å². The van der Waals surface area contributed by atoms with E-state index in [1.54, 1.807) is 7.11 Å². The number of aromatic nitrogens is 1. The lowest BCUT2D eigenvalue weighted by molar-refractivity contribution is 0.146. The molecule has 23 heavy (non-hydrogen) atoms. The molecule has 0 amide bonds. The van der Waals surface area contributed by atoms with Crippen molar-refractivity contribution in [3.8, 4) is 17.5 Å². The van der Waals surface area contributed by atoms with Crippen LogP contribution < -0.4 is 4.74 Å². The van der Waals surface area contributed by atoms with E-state index in [-0.39, 0.29) is 0 Å². The Morgan fingerprint density at radius 3 is 2.61 bits per heavy atom. The molecular formula is C18H15BrN2O2. The Morgan fingerprint density at radius 2 is 1.91 bits per heavy atom. The Labute approximate surface area is 143 Å². The maximum absolute atomic E-state index is 9.04. The summed E-state index contributed by atoms with van der Waals surface area (Å²) in [5, 5.41) is 10.1. The zero-order chi connectivity index (χ0) is 16.2. The van der Waals surface area contributed by atoms with Crippen LogP contribution in [0, 0.1) is 11.3 Å². The van der Waals surface area contributed by atoms with Crippen molar-refractivity contribution in [2.24, 2.45) is 0 Å². The number of nitrogens with zero attached hydrogens (tertiary/aromatic N) is 2. The predicted molar refractivity (Wildman–Crippen MR) is 93.1 cm³/mol. The van der Waals surface area contributed by atoms with Crippen molar-refractivity contribution in [1.29, 1.82) is 5.26 Å². The van der Waals surface area contributed by atoms with Crippen LogP contribution in [0.4, 0.5) is 0 Å². The second-order valence-electron chi connectivity index (χ2n) is 5.03. The number of ether oxygens (including phenoxy) is 2. The molecule has 0 saturated carbocycles. The lowest BCUT2D eigenvalue weighted by atomic mass is 10.2. The van der Waals surface area contributed by atoms with Crippen molar-refractivity contribution in [2.45, 2.75) is 0 Å². The van der Waals surface area contributed by atoms with Crippen molar-refractivity contribution < 1.29 is 9.47 Å². The Balaban J connectivity index is 1.93. The molecule has 116 valence electrons. The topological polar surface area (TPSA) is 47.2 Å². The molecule has 1 heterocycles. The number of hydrogen-bond donors (Lipinski definition) is 0. The predicted octanol–water partition coefficient (Wildman–Crippen LogP) is 4.29. The third kappa shape index (κ3) is 3.24. The van der Waals surface area contributed by atoms with Gasteiger partial charge in [-0.25, -0.2) is 0 Å². The molecule has 0 radical (unpaired) electrons. The fraction of sp³-hybridized carbons (Fsp3) is 0.167. The summed E-state index contributed by atoms with van der Waals surface area (Å²) in [6.07, 6.45) is 2.01. The third-order valence-corrected chi connectivity index (χ3v) is 4.19. The summed E-state index contributed by atoms with van der Waals surface area (Å²) >= 11 is 3.57. The van der Waals surface area contributed by atoms with Gasteiger partial charge in [-0.15, -0.1) is 0 Å². The molecule has 0 saturated heterocycles. The Bertz CT molecular complexity index is 863. The largest absolute Gasteiger partial charge is 0.491 e. The Hall–Kier alpha value is -2.29. The molecule has 4 nitrogen and oxygen atoms in total. The van der Waals surface area contributed by atoms with Gasteiger partial charge in [-0.1, -0.05) is 0 Å². The van der Waals surface area contributed by atoms with Gasteiger partial charge in [0.1, 0.15) is 12.4 Å². The van der Waals surface area contributed by atoms with Crippen molar-refractivity contribution in [1.82, 2.24) is 4.57 Å². The summed E-state index contributed by atoms with van der Waals surface area (Å²) in [4.78, 5) is 0. The van der Waals surface area contributed by atoms with Crippen molar-refractivity contribution in [2.75, 3.05) is 20.3 Å². The van der Waals surface area contributed by atoms with E-state index < -0.39 is 0 Å². The molecule has 1 aromatic heterocycles. The van der Waals surface area contributed by atoms with Crippen LogP contribution in [0.1, 0.15) is 5.56 Å². The van der Waals surface area contributed by atoms with Crippen LogP contribution in [0.15, 0.2) is 53.1 Å². The molecule has 0 N–H and O–H groups in total. The standard InChI is InChI=1S/C18H15BrN2O2/c1-22-8-9-23-15-5-3-14(4-6-15)21-12-17(19)16-10-13(11-20)2-7-18(16)21/h2-7,10,12H,8-9H2,1H3. The van der Waals surface area contributed by atoms with Crippen LogP contribution in [0.5, 0.6) is 5.75 Å². The number of benzene rings is 2. The summed E-state index contributed by atoms with van der Waals surface area (Å²) < 4.78 is 13.6. The number of nitriles is 1. The third-order valence-electron chi connectivity index (χ3n) is 3.56. The number of hydrogen-bond acceptors (Lipinski definition) is 3. The highest BCUT2D eigenvalue weighted by Crippen LogP contribution is 2.30. The molecule has 3 rings (SSSR count). The van der Waals surface area contributed by atoms with Gasteiger partial charge >= 0.3 is 0 Å². The zero-order valence-corrected chi connectivity index (χ0v) is 14.2. The fourth-order valence-corrected chi connectivity index (χ4v) is 2.94. The molecule has 2 aromatic carbocycles. The van der Waals surface area contributed by atoms with Gasteiger partial charge in [0.2, 0.25) is 0 Å². The van der Waals surface area contributed by atoms with E-state index in [0.29, 0.717) is 18.8 Å². The van der Waals surface area contributed by atoms with Gasteiger partial charge < -0.3 is 14.0 Å². The number of rotatable bonds is 5. The second kappa shape index (κ2) is 6.86. The first-order chi connectivity index (χ1) is 11.2. The zero-order valence-electron chi connectivity index (χ0n) is 12.6. The molecule has 0 atom stereocenters. The van der Waals surface area contributed by atoms with Gasteiger partial charge in [-0.2, -0.15) is 5.26 Å². The first-order valence-electron chi connectivity index (χ1n) is 7.16. The quantitative estimate of drug-likeness (QED) is 0.629. The van der Waals surface area contributed by atoms with Crippen LogP contribution in [-0.4, -0.2) is 24.9 Å². The molecule has 0 unspecified atom stereocenters. The summed E-state index contributed by atoms with van der Waals surface area (Å²) in [6, 6.07) is 15.7. The average Bonchev–Trinajstić information content (AvgIpc) is 2.92. The van der Waals surface area contributed by atoms with Gasteiger partial charge in [-0.3, -0.25) is 0 Å². The fourth-order valence-electron chi connectivity index (χ4n) is 2.42. The Kier molecular flexibility index (Phi) is 4.65. The number of methoxy groups -OCH3 is 1. The highest BCUT2D eigenvalue weighted by atomic mass is 79.9. The summed E-state index contributed by atoms with van der Waals surface area (Å²) in [6.45, 7) is 1.10. The van der Waals surface area contributed by atoms with E-state index in [9.17, 15) is 0 Å². The molecule has 0 aliphatic rings. The maximum atomic E-state index is 9.04. The van der Waals surface area contributed by atoms with Crippen molar-refractivity contribution >= 4 is 26.8 Å². The van der Waals surface area contributed by atoms with Crippen LogP contribution in [-0.2, 0) is 4.74 Å². The summed E-state index contributed by atoms with van der Waals surface area (Å²) in [7, 11) is 1.65. The van der Waals surface area contributed by atoms with Gasteiger partial charge in [0, 0.05) is 28.9 Å². The van der Waals surface area contributed by atoms with E-state index >= 15 is 0 Å². The average molecular weight is 371 g/mol. The van der Waals surface area contributed by atoms with E-state index in [2.05, 4.69) is 26.6 Å². The lowest BCUT2D eigenvalue weighted by Gasteiger charge is -2.08. The molecule has 0 aliphatic heterocycles. The van der Waals surface area contributed by atoms with E-state index in [1.807, 2.05) is 48.7 Å². The monoisotopic (exact) mass is 370 g/mol. The normalized spacial score (nSPS) is 10.7. The highest BCUT2D eigenvalue weighted by molar-refractivity contribution is 9.10. The summed E-state index contributed by atoms with van der Waals surface area (Å²) in [5.74, 6) is 0.813. The van der Waals surface area contributed by atoms with Crippen molar-refractivity contribution in [3.63, 3.8) is 0 Å². The molecule has 5 heteroatoms. The summed E-state index contributed by atoms with van der Waals surface area (Å²) in [5.41, 5.74) is 2.73. The first kappa shape index (κ1) is 15.6. The van der Waals surface area contributed by atoms with Crippen LogP contribution in [0.25, 0.3) is 16.6 Å². The number of fused-ring (bicyclic) bond motifs is 1. The van der Waals surface area contributed by atoms with E-state index in [1.165, 1.54) is 0 Å². The first-order valence-corrected chi connectivity index (χ1v) is 7.95. The highest BCUT2D eigenvalue weighted by Gasteiger charge is 2.09. The van der Waals surface area contributed by atoms with E-state index in [0.717, 1.165) is 26.8 Å². The molecule has 3 aromatic rings. The minimum absolute atomic E-state index is 0.533. The van der Waals surface area contributed by atoms with Gasteiger partial charge in [0.15, 0.2) is 0 Å². The molecule has 0 spiro atoms. The maximum Gasteiger partial charge on any atom is 0.119 e. The van der Waals surface area contributed by atoms with Gasteiger partial charge in [-0.05, 0) is 58.4 Å². The van der Waals surface area contributed by atoms with Crippen LogP contribution in [0.2, 0.25) is 0 Å². The van der Waals surface area contributed by atoms with E-state index in [4.69, 9.17) is 14.7 Å². The minimum Gasteiger partial charge on any atom is -0.491 e. The second-order valence-corrected chi connectivity index (χ2v) is 5.88. The molecular weight excluding hydrogens is 356 g/mol. The number of halogens is 1. The minimum atomic E-state index is 0.533. The molecule has 0 aliphatic carbocycles. The smallest absolute Gasteiger partial charge is 0.119 e. The SMILES string of the molecule is COCCOc1ccc(-n2cc(Br)c3cc(C#N)ccc32)cc1. The van der Waals surface area contributed by atoms with Gasteiger partial charge in [0.25, 0.3) is 0 Å². The van der Waals surface area contributed by atoms with Gasteiger partial charge in [0.05, 0.1) is 23.8 Å².